The van der Waals surface area contributed by atoms with Gasteiger partial charge in [-0.3, -0.25) is 0 Å². The quantitative estimate of drug-likeness (QED) is 0.434. The zero-order valence-corrected chi connectivity index (χ0v) is 17.4. The van der Waals surface area contributed by atoms with Gasteiger partial charge in [-0.25, -0.2) is 18.1 Å². The molecule has 0 aliphatic heterocycles. The Morgan fingerprint density at radius 1 is 1.16 bits per heavy atom. The van der Waals surface area contributed by atoms with Crippen LogP contribution in [0.3, 0.4) is 0 Å². The number of alkyl halides is 3. The van der Waals surface area contributed by atoms with E-state index in [0.717, 1.165) is 6.07 Å². The lowest BCUT2D eigenvalue weighted by Crippen LogP contribution is -2.51. The molecule has 1 unspecified atom stereocenters. The van der Waals surface area contributed by atoms with Crippen LogP contribution >= 0.6 is 0 Å². The number of benzene rings is 2. The van der Waals surface area contributed by atoms with Crippen molar-refractivity contribution < 1.29 is 31.3 Å². The second kappa shape index (κ2) is 10.5. The maximum Gasteiger partial charge on any atom is 0.408 e. The van der Waals surface area contributed by atoms with E-state index in [0.29, 0.717) is 11.6 Å². The number of halogens is 4. The maximum atomic E-state index is 14.4. The molecule has 0 bridgehead atoms. The summed E-state index contributed by atoms with van der Waals surface area (Å²) in [5.41, 5.74) is -0.979. The summed E-state index contributed by atoms with van der Waals surface area (Å²) in [5.74, 6) is -1.28. The van der Waals surface area contributed by atoms with E-state index in [4.69, 9.17) is 4.74 Å². The van der Waals surface area contributed by atoms with Gasteiger partial charge in [-0.1, -0.05) is 54.6 Å². The van der Waals surface area contributed by atoms with Crippen molar-refractivity contribution in [1.29, 1.82) is 0 Å². The largest absolute Gasteiger partial charge is 0.445 e. The van der Waals surface area contributed by atoms with Crippen molar-refractivity contribution in [3.05, 3.63) is 84.2 Å². The number of carbonyl (C=O) groups is 1. The molecule has 0 aliphatic carbocycles. The van der Waals surface area contributed by atoms with Crippen LogP contribution in [0.2, 0.25) is 0 Å². The van der Waals surface area contributed by atoms with Gasteiger partial charge < -0.3 is 10.1 Å². The number of amides is 1. The first-order chi connectivity index (χ1) is 14.5. The van der Waals surface area contributed by atoms with E-state index in [1.165, 1.54) is 25.1 Å². The lowest BCUT2D eigenvalue weighted by atomic mass is 9.94. The SMILES string of the molecule is C=C[C@H](NS(=O)C[C@](C)(NC(=O)OCc1ccccc1)c1ccccc1F)C(F)(F)F. The van der Waals surface area contributed by atoms with Crippen molar-refractivity contribution in [1.82, 2.24) is 10.0 Å². The molecule has 0 spiro atoms. The van der Waals surface area contributed by atoms with Crippen LogP contribution in [0, 0.1) is 5.82 Å². The molecular weight excluding hydrogens is 436 g/mol. The van der Waals surface area contributed by atoms with Crippen LogP contribution in [-0.2, 0) is 27.9 Å². The summed E-state index contributed by atoms with van der Waals surface area (Å²) in [6, 6.07) is 11.9. The van der Waals surface area contributed by atoms with Gasteiger partial charge in [0.1, 0.15) is 18.5 Å². The zero-order valence-electron chi connectivity index (χ0n) is 16.6. The molecule has 2 aromatic rings. The zero-order chi connectivity index (χ0) is 23.1. The van der Waals surface area contributed by atoms with Gasteiger partial charge in [0.25, 0.3) is 0 Å². The van der Waals surface area contributed by atoms with E-state index in [-0.39, 0.29) is 12.2 Å². The van der Waals surface area contributed by atoms with E-state index >= 15 is 0 Å². The monoisotopic (exact) mass is 458 g/mol. The molecule has 0 saturated heterocycles. The van der Waals surface area contributed by atoms with Crippen LogP contribution in [0.4, 0.5) is 22.4 Å². The van der Waals surface area contributed by atoms with Crippen molar-refractivity contribution in [2.45, 2.75) is 31.3 Å². The normalized spacial score (nSPS) is 15.4. The first-order valence-electron chi connectivity index (χ1n) is 9.13. The molecule has 0 aliphatic rings. The number of rotatable bonds is 9. The topological polar surface area (TPSA) is 67.4 Å². The highest BCUT2D eigenvalue weighted by Gasteiger charge is 2.40. The summed E-state index contributed by atoms with van der Waals surface area (Å²) in [6.45, 7) is 4.36. The predicted molar refractivity (Wildman–Crippen MR) is 110 cm³/mol. The molecule has 3 atom stereocenters. The van der Waals surface area contributed by atoms with Crippen LogP contribution in [0.25, 0.3) is 0 Å². The molecule has 0 aromatic heterocycles. The second-order valence-corrected chi connectivity index (χ2v) is 8.08. The predicted octanol–water partition coefficient (Wildman–Crippen LogP) is 4.34. The average Bonchev–Trinajstić information content (AvgIpc) is 2.70. The second-order valence-electron chi connectivity index (χ2n) is 6.86. The van der Waals surface area contributed by atoms with E-state index in [2.05, 4.69) is 11.9 Å². The Bertz CT molecular complexity index is 924. The van der Waals surface area contributed by atoms with Gasteiger partial charge in [-0.05, 0) is 18.6 Å². The summed E-state index contributed by atoms with van der Waals surface area (Å²) in [4.78, 5) is 12.4. The van der Waals surface area contributed by atoms with E-state index < -0.39 is 46.4 Å². The third-order valence-electron chi connectivity index (χ3n) is 4.33. The first-order valence-corrected chi connectivity index (χ1v) is 10.4. The van der Waals surface area contributed by atoms with Crippen molar-refractivity contribution in [3.63, 3.8) is 0 Å². The van der Waals surface area contributed by atoms with Gasteiger partial charge >= 0.3 is 12.3 Å². The number of ether oxygens (including phenoxy) is 1. The van der Waals surface area contributed by atoms with Crippen LogP contribution in [0.5, 0.6) is 0 Å². The van der Waals surface area contributed by atoms with Crippen molar-refractivity contribution in [2.75, 3.05) is 5.75 Å². The van der Waals surface area contributed by atoms with Gasteiger partial charge in [0.2, 0.25) is 0 Å². The van der Waals surface area contributed by atoms with Gasteiger partial charge in [0, 0.05) is 5.56 Å². The van der Waals surface area contributed by atoms with Crippen LogP contribution < -0.4 is 10.0 Å². The average molecular weight is 458 g/mol. The molecule has 2 rings (SSSR count). The van der Waals surface area contributed by atoms with Crippen LogP contribution in [-0.4, -0.2) is 28.3 Å². The van der Waals surface area contributed by atoms with Crippen LogP contribution in [0.1, 0.15) is 18.1 Å². The highest BCUT2D eigenvalue weighted by Crippen LogP contribution is 2.26. The number of nitrogens with one attached hydrogen (secondary N) is 2. The first kappa shape index (κ1) is 24.5. The van der Waals surface area contributed by atoms with Crippen LogP contribution in [0.15, 0.2) is 67.3 Å². The summed E-state index contributed by atoms with van der Waals surface area (Å²) < 4.78 is 72.8. The number of carbonyl (C=O) groups excluding carboxylic acids is 1. The number of hydrogen-bond acceptors (Lipinski definition) is 3. The molecule has 1 amide bonds. The molecule has 0 radical (unpaired) electrons. The minimum absolute atomic E-state index is 0.0519. The molecule has 5 nitrogen and oxygen atoms in total. The lowest BCUT2D eigenvalue weighted by Gasteiger charge is -2.31. The summed E-state index contributed by atoms with van der Waals surface area (Å²) in [6.07, 6.45) is -5.09. The Kier molecular flexibility index (Phi) is 8.35. The standard InChI is InChI=1S/C21H22F4N2O3S/c1-3-18(21(23,24)25)27-31(29)14-20(2,16-11-7-8-12-17(16)22)26-19(28)30-13-15-9-5-4-6-10-15/h3-12,18,27H,1,13-14H2,2H3,(H,26,28)/t18-,20-,31?/m0/s1. The molecule has 10 heteroatoms. The molecule has 0 fully saturated rings. The number of hydrogen-bond donors (Lipinski definition) is 2. The van der Waals surface area contributed by atoms with Gasteiger partial charge in [0.15, 0.2) is 0 Å². The minimum Gasteiger partial charge on any atom is -0.445 e. The highest BCUT2D eigenvalue weighted by atomic mass is 32.2. The summed E-state index contributed by atoms with van der Waals surface area (Å²) >= 11 is 0. The molecule has 2 aromatic carbocycles. The fourth-order valence-corrected chi connectivity index (χ4v) is 4.12. The van der Waals surface area contributed by atoms with Gasteiger partial charge in [-0.15, -0.1) is 6.58 Å². The van der Waals surface area contributed by atoms with Crippen molar-refractivity contribution >= 4 is 17.1 Å². The Morgan fingerprint density at radius 2 is 1.77 bits per heavy atom. The molecule has 2 N–H and O–H groups in total. The Morgan fingerprint density at radius 3 is 2.35 bits per heavy atom. The van der Waals surface area contributed by atoms with Gasteiger partial charge in [-0.2, -0.15) is 13.2 Å². The minimum atomic E-state index is -4.71. The van der Waals surface area contributed by atoms with Crippen molar-refractivity contribution in [3.8, 4) is 0 Å². The molecular formula is C21H22F4N2O3S. The lowest BCUT2D eigenvalue weighted by molar-refractivity contribution is -0.140. The Balaban J connectivity index is 2.19. The fraction of sp³-hybridized carbons (Fsp3) is 0.286. The molecule has 31 heavy (non-hydrogen) atoms. The molecule has 0 heterocycles. The van der Waals surface area contributed by atoms with Crippen molar-refractivity contribution in [2.24, 2.45) is 0 Å². The summed E-state index contributed by atoms with van der Waals surface area (Å²) in [5, 5.41) is 2.44. The third kappa shape index (κ3) is 7.18. The Hall–Kier alpha value is -2.72. The molecule has 0 saturated carbocycles. The Labute approximate surface area is 180 Å². The number of alkyl carbamates (subject to hydrolysis) is 1. The highest BCUT2D eigenvalue weighted by molar-refractivity contribution is 7.83. The smallest absolute Gasteiger partial charge is 0.408 e. The van der Waals surface area contributed by atoms with Gasteiger partial charge in [0.05, 0.1) is 22.3 Å². The summed E-state index contributed by atoms with van der Waals surface area (Å²) in [7, 11) is -2.31. The third-order valence-corrected chi connectivity index (χ3v) is 5.68. The van der Waals surface area contributed by atoms with E-state index in [9.17, 15) is 26.6 Å². The van der Waals surface area contributed by atoms with E-state index in [1.54, 1.807) is 30.3 Å². The van der Waals surface area contributed by atoms with E-state index in [1.807, 2.05) is 4.72 Å². The molecule has 168 valence electrons. The fourth-order valence-electron chi connectivity index (χ4n) is 2.77. The maximum absolute atomic E-state index is 14.4.